The summed E-state index contributed by atoms with van der Waals surface area (Å²) in [4.78, 5) is 8.48. The molecule has 190 valence electrons. The molecule has 5 rings (SSSR count). The highest BCUT2D eigenvalue weighted by Crippen LogP contribution is 2.31. The standard InChI is InChI=1S/C28H26N8O2/c29-27(31-15-19-7-5-13-37-19)35-33-17-25-21-9-1-2-10-22(21)26(24-12-4-3-11-23(24)25)18-34-36-28(30)32-16-20-8-6-14-38-20/h1-14,17-18H,15-16H2,(H3,29,31,35)(H3,30,32,36)/b33-17+,34-18+. The Morgan fingerprint density at radius 3 is 1.34 bits per heavy atom. The molecule has 3 aromatic carbocycles. The van der Waals surface area contributed by atoms with Crippen molar-refractivity contribution in [2.24, 2.45) is 31.7 Å². The van der Waals surface area contributed by atoms with Crippen LogP contribution in [0.15, 0.2) is 114 Å². The Labute approximate surface area is 218 Å². The molecule has 0 amide bonds. The highest BCUT2D eigenvalue weighted by atomic mass is 16.3. The average Bonchev–Trinajstić information content (AvgIpc) is 3.66. The quantitative estimate of drug-likeness (QED) is 0.108. The minimum Gasteiger partial charge on any atom is -0.467 e. The zero-order valence-corrected chi connectivity index (χ0v) is 20.4. The van der Waals surface area contributed by atoms with Crippen molar-refractivity contribution in [1.82, 2.24) is 10.9 Å². The van der Waals surface area contributed by atoms with Crippen molar-refractivity contribution >= 4 is 45.9 Å². The van der Waals surface area contributed by atoms with Crippen molar-refractivity contribution in [2.45, 2.75) is 13.1 Å². The summed E-state index contributed by atoms with van der Waals surface area (Å²) in [7, 11) is 0. The van der Waals surface area contributed by atoms with Crippen LogP contribution in [0.2, 0.25) is 0 Å². The molecule has 10 nitrogen and oxygen atoms in total. The van der Waals surface area contributed by atoms with Crippen LogP contribution < -0.4 is 22.3 Å². The largest absolute Gasteiger partial charge is 0.467 e. The van der Waals surface area contributed by atoms with Gasteiger partial charge in [-0.3, -0.25) is 0 Å². The molecular weight excluding hydrogens is 480 g/mol. The minimum atomic E-state index is 0.187. The predicted molar refractivity (Wildman–Crippen MR) is 151 cm³/mol. The lowest BCUT2D eigenvalue weighted by Gasteiger charge is -2.12. The fourth-order valence-electron chi connectivity index (χ4n) is 4.00. The number of hydrogen-bond donors (Lipinski definition) is 4. The van der Waals surface area contributed by atoms with Crippen molar-refractivity contribution in [3.8, 4) is 0 Å². The number of rotatable bonds is 8. The molecule has 0 atom stereocenters. The Morgan fingerprint density at radius 1 is 0.605 bits per heavy atom. The van der Waals surface area contributed by atoms with Gasteiger partial charge in [-0.15, -0.1) is 0 Å². The van der Waals surface area contributed by atoms with E-state index in [-0.39, 0.29) is 11.9 Å². The third-order valence-corrected chi connectivity index (χ3v) is 5.73. The van der Waals surface area contributed by atoms with Gasteiger partial charge < -0.3 is 20.3 Å². The van der Waals surface area contributed by atoms with Gasteiger partial charge in [0.15, 0.2) is 0 Å². The van der Waals surface area contributed by atoms with Gasteiger partial charge in [0.25, 0.3) is 0 Å². The molecule has 0 saturated carbocycles. The molecular formula is C28H26N8O2. The predicted octanol–water partition coefficient (Wildman–Crippen LogP) is 4.06. The van der Waals surface area contributed by atoms with E-state index in [0.717, 1.165) is 32.7 Å². The van der Waals surface area contributed by atoms with Crippen molar-refractivity contribution in [1.29, 1.82) is 0 Å². The highest BCUT2D eigenvalue weighted by Gasteiger charge is 2.11. The molecule has 38 heavy (non-hydrogen) atoms. The van der Waals surface area contributed by atoms with Gasteiger partial charge in [-0.25, -0.2) is 20.8 Å². The van der Waals surface area contributed by atoms with Crippen LogP contribution in [0.3, 0.4) is 0 Å². The van der Waals surface area contributed by atoms with E-state index in [4.69, 9.17) is 20.3 Å². The first-order chi connectivity index (χ1) is 18.7. The number of hydrazone groups is 2. The lowest BCUT2D eigenvalue weighted by Crippen LogP contribution is -2.27. The highest BCUT2D eigenvalue weighted by molar-refractivity contribution is 6.21. The number of aliphatic imine (C=N–C) groups is 2. The first-order valence-electron chi connectivity index (χ1n) is 11.9. The van der Waals surface area contributed by atoms with Gasteiger partial charge >= 0.3 is 0 Å². The third kappa shape index (κ3) is 5.71. The molecule has 2 heterocycles. The second-order valence-corrected chi connectivity index (χ2v) is 8.22. The number of nitrogens with one attached hydrogen (secondary N) is 2. The molecule has 2 aromatic heterocycles. The number of nitrogens with zero attached hydrogens (tertiary/aromatic N) is 4. The molecule has 0 aliphatic rings. The SMILES string of the molecule is NC(=NCc1ccco1)N/N=C/c1c2ccccc2c(/C=N/NC(N)=NCc2ccco2)c2ccccc12. The van der Waals surface area contributed by atoms with Crippen molar-refractivity contribution in [3.05, 3.63) is 108 Å². The summed E-state index contributed by atoms with van der Waals surface area (Å²) in [5, 5.41) is 12.7. The van der Waals surface area contributed by atoms with Gasteiger partial charge in [-0.05, 0) is 45.8 Å². The van der Waals surface area contributed by atoms with E-state index < -0.39 is 0 Å². The number of hydrogen-bond acceptors (Lipinski definition) is 6. The van der Waals surface area contributed by atoms with E-state index in [2.05, 4.69) is 31.0 Å². The fourth-order valence-corrected chi connectivity index (χ4v) is 4.00. The van der Waals surface area contributed by atoms with E-state index in [1.54, 1.807) is 37.1 Å². The molecule has 10 heteroatoms. The Bertz CT molecular complexity index is 1460. The van der Waals surface area contributed by atoms with Crippen LogP contribution >= 0.6 is 0 Å². The van der Waals surface area contributed by atoms with Crippen LogP contribution in [0.4, 0.5) is 0 Å². The summed E-state index contributed by atoms with van der Waals surface area (Å²) in [6, 6.07) is 23.4. The van der Waals surface area contributed by atoms with Gasteiger partial charge in [0.1, 0.15) is 24.6 Å². The van der Waals surface area contributed by atoms with Crippen molar-refractivity contribution in [3.63, 3.8) is 0 Å². The summed E-state index contributed by atoms with van der Waals surface area (Å²) in [5.74, 6) is 1.81. The molecule has 0 unspecified atom stereocenters. The molecule has 0 radical (unpaired) electrons. The topological polar surface area (TPSA) is 152 Å². The Hall–Kier alpha value is -5.38. The maximum absolute atomic E-state index is 5.97. The third-order valence-electron chi connectivity index (χ3n) is 5.73. The molecule has 0 aliphatic carbocycles. The first-order valence-corrected chi connectivity index (χ1v) is 11.9. The molecule has 0 spiro atoms. The molecule has 6 N–H and O–H groups in total. The summed E-state index contributed by atoms with van der Waals surface area (Å²) in [6.45, 7) is 0.653. The lowest BCUT2D eigenvalue weighted by molar-refractivity contribution is 0.512. The monoisotopic (exact) mass is 506 g/mol. The van der Waals surface area contributed by atoms with E-state index in [1.165, 1.54) is 0 Å². The van der Waals surface area contributed by atoms with E-state index >= 15 is 0 Å². The van der Waals surface area contributed by atoms with Crippen LogP contribution in [-0.2, 0) is 13.1 Å². The van der Waals surface area contributed by atoms with Crippen LogP contribution in [0, 0.1) is 0 Å². The van der Waals surface area contributed by atoms with Crippen molar-refractivity contribution in [2.75, 3.05) is 0 Å². The van der Waals surface area contributed by atoms with Crippen LogP contribution in [-0.4, -0.2) is 24.3 Å². The van der Waals surface area contributed by atoms with Gasteiger partial charge in [0, 0.05) is 11.1 Å². The Kier molecular flexibility index (Phi) is 7.40. The first kappa shape index (κ1) is 24.3. The number of benzene rings is 3. The molecule has 0 fully saturated rings. The van der Waals surface area contributed by atoms with Crippen LogP contribution in [0.25, 0.3) is 21.5 Å². The van der Waals surface area contributed by atoms with E-state index in [0.29, 0.717) is 24.6 Å². The molecule has 0 aliphatic heterocycles. The molecule has 0 saturated heterocycles. The summed E-state index contributed by atoms with van der Waals surface area (Å²) < 4.78 is 10.5. The second kappa shape index (κ2) is 11.6. The van der Waals surface area contributed by atoms with E-state index in [1.807, 2.05) is 60.7 Å². The van der Waals surface area contributed by atoms with E-state index in [9.17, 15) is 0 Å². The van der Waals surface area contributed by atoms with Gasteiger partial charge in [-0.1, -0.05) is 48.5 Å². The Morgan fingerprint density at radius 2 is 1.00 bits per heavy atom. The lowest BCUT2D eigenvalue weighted by atomic mass is 9.92. The molecule has 5 aromatic rings. The van der Waals surface area contributed by atoms with Gasteiger partial charge in [-0.2, -0.15) is 10.2 Å². The smallest absolute Gasteiger partial charge is 0.209 e. The fraction of sp³-hybridized carbons (Fsp3) is 0.0714. The van der Waals surface area contributed by atoms with Crippen LogP contribution in [0.5, 0.6) is 0 Å². The number of nitrogens with two attached hydrogens (primary N) is 2. The van der Waals surface area contributed by atoms with Crippen molar-refractivity contribution < 1.29 is 8.83 Å². The maximum Gasteiger partial charge on any atom is 0.209 e. The zero-order chi connectivity index (χ0) is 26.2. The number of fused-ring (bicyclic) bond motifs is 2. The summed E-state index contributed by atoms with van der Waals surface area (Å²) in [5.41, 5.74) is 19.4. The maximum atomic E-state index is 5.97. The zero-order valence-electron chi connectivity index (χ0n) is 20.4. The second-order valence-electron chi connectivity index (χ2n) is 8.22. The summed E-state index contributed by atoms with van der Waals surface area (Å²) >= 11 is 0. The minimum absolute atomic E-state index is 0.187. The van der Waals surface area contributed by atoms with Gasteiger partial charge in [0.2, 0.25) is 11.9 Å². The number of guanidine groups is 2. The molecule has 0 bridgehead atoms. The normalized spacial score (nSPS) is 12.7. The van der Waals surface area contributed by atoms with Gasteiger partial charge in [0.05, 0.1) is 25.0 Å². The number of furan rings is 2. The van der Waals surface area contributed by atoms with Crippen LogP contribution in [0.1, 0.15) is 22.6 Å². The summed E-state index contributed by atoms with van der Waals surface area (Å²) in [6.07, 6.45) is 6.69. The average molecular weight is 507 g/mol. The Balaban J connectivity index is 1.41.